The molecule has 0 aliphatic heterocycles. The Bertz CT molecular complexity index is 540. The van der Waals surface area contributed by atoms with Gasteiger partial charge in [-0.2, -0.15) is 5.10 Å². The van der Waals surface area contributed by atoms with E-state index in [0.717, 1.165) is 42.9 Å². The van der Waals surface area contributed by atoms with Gasteiger partial charge < -0.3 is 4.74 Å². The van der Waals surface area contributed by atoms with Gasteiger partial charge in [-0.1, -0.05) is 13.0 Å². The van der Waals surface area contributed by atoms with Gasteiger partial charge in [0, 0.05) is 18.4 Å². The average Bonchev–Trinajstić information content (AvgIpc) is 2.92. The SMILES string of the molecule is CCCn1ncc(OC)c1C(CCc1ccccn1)NN. The van der Waals surface area contributed by atoms with Crippen LogP contribution in [-0.4, -0.2) is 21.9 Å². The highest BCUT2D eigenvalue weighted by atomic mass is 16.5. The van der Waals surface area contributed by atoms with Gasteiger partial charge in [0.05, 0.1) is 25.0 Å². The average molecular weight is 289 g/mol. The molecule has 0 spiro atoms. The molecule has 114 valence electrons. The van der Waals surface area contributed by atoms with Gasteiger partial charge in [0.25, 0.3) is 0 Å². The Morgan fingerprint density at radius 1 is 1.43 bits per heavy atom. The molecule has 0 bridgehead atoms. The van der Waals surface area contributed by atoms with Crippen LogP contribution in [0.25, 0.3) is 0 Å². The first-order chi connectivity index (χ1) is 10.3. The minimum atomic E-state index is -0.0176. The molecule has 0 aromatic carbocycles. The van der Waals surface area contributed by atoms with Crippen molar-refractivity contribution in [3.05, 3.63) is 42.0 Å². The van der Waals surface area contributed by atoms with Gasteiger partial charge >= 0.3 is 0 Å². The Morgan fingerprint density at radius 2 is 2.29 bits per heavy atom. The molecule has 1 atom stereocenters. The van der Waals surface area contributed by atoms with Gasteiger partial charge in [-0.15, -0.1) is 0 Å². The van der Waals surface area contributed by atoms with Crippen molar-refractivity contribution in [1.29, 1.82) is 0 Å². The third-order valence-corrected chi connectivity index (χ3v) is 3.45. The molecular weight excluding hydrogens is 266 g/mol. The van der Waals surface area contributed by atoms with Crippen LogP contribution in [0.3, 0.4) is 0 Å². The summed E-state index contributed by atoms with van der Waals surface area (Å²) in [6.07, 6.45) is 6.24. The van der Waals surface area contributed by atoms with Crippen molar-refractivity contribution in [2.75, 3.05) is 7.11 Å². The topological polar surface area (TPSA) is 78.0 Å². The lowest BCUT2D eigenvalue weighted by atomic mass is 10.1. The standard InChI is InChI=1S/C15H23N5O/c1-3-10-20-15(14(21-2)11-18-20)13(19-16)8-7-12-6-4-5-9-17-12/h4-6,9,11,13,19H,3,7-8,10,16H2,1-2H3. The number of nitrogens with one attached hydrogen (secondary N) is 1. The second-order valence-electron chi connectivity index (χ2n) is 4.90. The number of hydrazine groups is 1. The third kappa shape index (κ3) is 3.80. The molecule has 0 aliphatic carbocycles. The number of aromatic nitrogens is 3. The smallest absolute Gasteiger partial charge is 0.161 e. The maximum absolute atomic E-state index is 5.75. The molecule has 2 aromatic rings. The van der Waals surface area contributed by atoms with Crippen LogP contribution < -0.4 is 16.0 Å². The van der Waals surface area contributed by atoms with Crippen molar-refractivity contribution >= 4 is 0 Å². The molecule has 0 radical (unpaired) electrons. The molecule has 21 heavy (non-hydrogen) atoms. The Labute approximate surface area is 125 Å². The van der Waals surface area contributed by atoms with Gasteiger partial charge in [-0.05, 0) is 31.4 Å². The van der Waals surface area contributed by atoms with E-state index >= 15 is 0 Å². The van der Waals surface area contributed by atoms with Crippen LogP contribution in [0.5, 0.6) is 5.75 Å². The molecule has 0 fully saturated rings. The number of nitrogens with zero attached hydrogens (tertiary/aromatic N) is 3. The van der Waals surface area contributed by atoms with Gasteiger partial charge in [0.15, 0.2) is 5.75 Å². The van der Waals surface area contributed by atoms with Crippen LogP contribution >= 0.6 is 0 Å². The Balaban J connectivity index is 2.14. The molecule has 3 N–H and O–H groups in total. The molecular formula is C15H23N5O. The summed E-state index contributed by atoms with van der Waals surface area (Å²) in [5.74, 6) is 6.52. The lowest BCUT2D eigenvalue weighted by Crippen LogP contribution is -2.30. The van der Waals surface area contributed by atoms with Crippen molar-refractivity contribution in [3.8, 4) is 5.75 Å². The van der Waals surface area contributed by atoms with Gasteiger partial charge in [0.1, 0.15) is 0 Å². The molecule has 0 saturated heterocycles. The van der Waals surface area contributed by atoms with E-state index < -0.39 is 0 Å². The van der Waals surface area contributed by atoms with Gasteiger partial charge in [-0.3, -0.25) is 20.9 Å². The molecule has 0 aliphatic rings. The number of rotatable bonds is 8. The van der Waals surface area contributed by atoms with E-state index in [2.05, 4.69) is 22.4 Å². The zero-order valence-corrected chi connectivity index (χ0v) is 12.6. The molecule has 0 saturated carbocycles. The highest BCUT2D eigenvalue weighted by molar-refractivity contribution is 5.28. The second-order valence-corrected chi connectivity index (χ2v) is 4.90. The minimum Gasteiger partial charge on any atom is -0.493 e. The van der Waals surface area contributed by atoms with Crippen molar-refractivity contribution in [2.24, 2.45) is 5.84 Å². The maximum Gasteiger partial charge on any atom is 0.161 e. The fourth-order valence-corrected chi connectivity index (χ4v) is 2.41. The molecule has 6 heteroatoms. The monoisotopic (exact) mass is 289 g/mol. The largest absolute Gasteiger partial charge is 0.493 e. The zero-order valence-electron chi connectivity index (χ0n) is 12.6. The molecule has 2 rings (SSSR count). The number of hydrogen-bond acceptors (Lipinski definition) is 5. The van der Waals surface area contributed by atoms with Gasteiger partial charge in [0.2, 0.25) is 0 Å². The lowest BCUT2D eigenvalue weighted by molar-refractivity contribution is 0.384. The predicted molar refractivity (Wildman–Crippen MR) is 81.7 cm³/mol. The molecule has 2 aromatic heterocycles. The number of pyridine rings is 1. The Morgan fingerprint density at radius 3 is 2.90 bits per heavy atom. The zero-order chi connectivity index (χ0) is 15.1. The van der Waals surface area contributed by atoms with Crippen molar-refractivity contribution in [2.45, 2.75) is 38.8 Å². The number of methoxy groups -OCH3 is 1. The summed E-state index contributed by atoms with van der Waals surface area (Å²) in [5.41, 5.74) is 4.93. The summed E-state index contributed by atoms with van der Waals surface area (Å²) in [4.78, 5) is 4.35. The Kier molecular flexibility index (Phi) is 5.71. The van der Waals surface area contributed by atoms with E-state index in [4.69, 9.17) is 10.6 Å². The van der Waals surface area contributed by atoms with Crippen molar-refractivity contribution in [3.63, 3.8) is 0 Å². The fourth-order valence-electron chi connectivity index (χ4n) is 2.41. The van der Waals surface area contributed by atoms with Gasteiger partial charge in [-0.25, -0.2) is 0 Å². The second kappa shape index (κ2) is 7.75. The first-order valence-electron chi connectivity index (χ1n) is 7.25. The minimum absolute atomic E-state index is 0.0176. The summed E-state index contributed by atoms with van der Waals surface area (Å²) in [6, 6.07) is 5.92. The number of aryl methyl sites for hydroxylation is 2. The van der Waals surface area contributed by atoms with Crippen molar-refractivity contribution in [1.82, 2.24) is 20.2 Å². The first kappa shape index (κ1) is 15.5. The summed E-state index contributed by atoms with van der Waals surface area (Å²) < 4.78 is 7.37. The van der Waals surface area contributed by atoms with Crippen LogP contribution in [0.1, 0.15) is 37.2 Å². The van der Waals surface area contributed by atoms with E-state index in [0.29, 0.717) is 0 Å². The quantitative estimate of drug-likeness (QED) is 0.572. The van der Waals surface area contributed by atoms with E-state index in [-0.39, 0.29) is 6.04 Å². The number of ether oxygens (including phenoxy) is 1. The van der Waals surface area contributed by atoms with E-state index in [1.54, 1.807) is 13.3 Å². The molecule has 0 amide bonds. The number of hydrogen-bond donors (Lipinski definition) is 2. The summed E-state index contributed by atoms with van der Waals surface area (Å²) in [6.45, 7) is 2.97. The molecule has 6 nitrogen and oxygen atoms in total. The summed E-state index contributed by atoms with van der Waals surface area (Å²) in [5, 5.41) is 4.38. The molecule has 1 unspecified atom stereocenters. The highest BCUT2D eigenvalue weighted by Crippen LogP contribution is 2.27. The predicted octanol–water partition coefficient (Wildman–Crippen LogP) is 1.83. The highest BCUT2D eigenvalue weighted by Gasteiger charge is 2.20. The van der Waals surface area contributed by atoms with Crippen LogP contribution in [0.15, 0.2) is 30.6 Å². The normalized spacial score (nSPS) is 12.3. The van der Waals surface area contributed by atoms with E-state index in [1.807, 2.05) is 29.1 Å². The summed E-state index contributed by atoms with van der Waals surface area (Å²) in [7, 11) is 1.66. The van der Waals surface area contributed by atoms with Crippen molar-refractivity contribution < 1.29 is 4.74 Å². The fraction of sp³-hybridized carbons (Fsp3) is 0.467. The maximum atomic E-state index is 5.75. The van der Waals surface area contributed by atoms with Crippen LogP contribution in [-0.2, 0) is 13.0 Å². The van der Waals surface area contributed by atoms with Crippen LogP contribution in [0.4, 0.5) is 0 Å². The van der Waals surface area contributed by atoms with E-state index in [1.165, 1.54) is 0 Å². The third-order valence-electron chi connectivity index (χ3n) is 3.45. The molecule has 2 heterocycles. The van der Waals surface area contributed by atoms with E-state index in [9.17, 15) is 0 Å². The Hall–Kier alpha value is -1.92. The number of nitrogens with two attached hydrogens (primary N) is 1. The van der Waals surface area contributed by atoms with Crippen LogP contribution in [0, 0.1) is 0 Å². The first-order valence-corrected chi connectivity index (χ1v) is 7.25. The van der Waals surface area contributed by atoms with Crippen LogP contribution in [0.2, 0.25) is 0 Å². The summed E-state index contributed by atoms with van der Waals surface area (Å²) >= 11 is 0. The lowest BCUT2D eigenvalue weighted by Gasteiger charge is -2.18.